The van der Waals surface area contributed by atoms with Crippen molar-refractivity contribution >= 4 is 12.4 Å². The van der Waals surface area contributed by atoms with Gasteiger partial charge in [0.05, 0.1) is 0 Å². The SMILES string of the molecule is Cl.c1ccc(C2CCCCC23CCCN3)cc1. The molecule has 1 aromatic carbocycles. The first kappa shape index (κ1) is 12.9. The minimum atomic E-state index is 0. The van der Waals surface area contributed by atoms with Gasteiger partial charge in [0.1, 0.15) is 0 Å². The van der Waals surface area contributed by atoms with Gasteiger partial charge in [-0.25, -0.2) is 0 Å². The Labute approximate surface area is 110 Å². The fraction of sp³-hybridized carbons (Fsp3) is 0.600. The summed E-state index contributed by atoms with van der Waals surface area (Å²) in [6, 6.07) is 11.1. The Hall–Kier alpha value is -0.530. The van der Waals surface area contributed by atoms with Crippen molar-refractivity contribution < 1.29 is 0 Å². The predicted octanol–water partition coefficient (Wildman–Crippen LogP) is 3.89. The average Bonchev–Trinajstić information content (AvgIpc) is 2.80. The maximum absolute atomic E-state index is 3.82. The van der Waals surface area contributed by atoms with Crippen molar-refractivity contribution in [1.29, 1.82) is 0 Å². The number of benzene rings is 1. The van der Waals surface area contributed by atoms with Crippen molar-refractivity contribution in [3.8, 4) is 0 Å². The zero-order chi connectivity index (χ0) is 10.8. The van der Waals surface area contributed by atoms with E-state index >= 15 is 0 Å². The molecule has 94 valence electrons. The van der Waals surface area contributed by atoms with Gasteiger partial charge in [-0.1, -0.05) is 43.2 Å². The number of hydrogen-bond acceptors (Lipinski definition) is 1. The lowest BCUT2D eigenvalue weighted by Gasteiger charge is -2.42. The second-order valence-corrected chi connectivity index (χ2v) is 5.40. The highest BCUT2D eigenvalue weighted by Crippen LogP contribution is 2.45. The quantitative estimate of drug-likeness (QED) is 0.799. The van der Waals surface area contributed by atoms with Gasteiger partial charge in [0, 0.05) is 11.5 Å². The Bertz CT molecular complexity index is 343. The van der Waals surface area contributed by atoms with Gasteiger partial charge in [-0.15, -0.1) is 12.4 Å². The van der Waals surface area contributed by atoms with Crippen molar-refractivity contribution in [1.82, 2.24) is 5.32 Å². The van der Waals surface area contributed by atoms with E-state index in [0.29, 0.717) is 5.54 Å². The summed E-state index contributed by atoms with van der Waals surface area (Å²) in [7, 11) is 0. The molecule has 0 amide bonds. The maximum atomic E-state index is 3.82. The van der Waals surface area contributed by atoms with Gasteiger partial charge >= 0.3 is 0 Å². The second kappa shape index (κ2) is 5.41. The Morgan fingerprint density at radius 3 is 2.47 bits per heavy atom. The molecule has 0 bridgehead atoms. The second-order valence-electron chi connectivity index (χ2n) is 5.40. The van der Waals surface area contributed by atoms with E-state index in [1.54, 1.807) is 5.56 Å². The highest BCUT2D eigenvalue weighted by atomic mass is 35.5. The van der Waals surface area contributed by atoms with E-state index in [4.69, 9.17) is 0 Å². The van der Waals surface area contributed by atoms with E-state index in [-0.39, 0.29) is 12.4 Å². The Kier molecular flexibility index (Phi) is 4.11. The zero-order valence-electron chi connectivity index (χ0n) is 10.3. The van der Waals surface area contributed by atoms with Gasteiger partial charge in [0.15, 0.2) is 0 Å². The zero-order valence-corrected chi connectivity index (χ0v) is 11.1. The van der Waals surface area contributed by atoms with Crippen LogP contribution in [0, 0.1) is 0 Å². The molecule has 1 N–H and O–H groups in total. The molecule has 1 spiro atoms. The van der Waals surface area contributed by atoms with Crippen molar-refractivity contribution in [3.05, 3.63) is 35.9 Å². The number of nitrogens with one attached hydrogen (secondary N) is 1. The first-order chi connectivity index (χ1) is 7.91. The molecule has 17 heavy (non-hydrogen) atoms. The van der Waals surface area contributed by atoms with E-state index < -0.39 is 0 Å². The fourth-order valence-corrected chi connectivity index (χ4v) is 3.75. The van der Waals surface area contributed by atoms with Gasteiger partial charge in [0.25, 0.3) is 0 Å². The third kappa shape index (κ3) is 2.36. The van der Waals surface area contributed by atoms with Crippen LogP contribution in [0.15, 0.2) is 30.3 Å². The van der Waals surface area contributed by atoms with Crippen LogP contribution < -0.4 is 5.32 Å². The molecule has 1 nitrogen and oxygen atoms in total. The highest BCUT2D eigenvalue weighted by molar-refractivity contribution is 5.85. The first-order valence-corrected chi connectivity index (χ1v) is 6.71. The highest BCUT2D eigenvalue weighted by Gasteiger charge is 2.42. The standard InChI is InChI=1S/C15H21N.ClH/c1-2-7-13(8-3-1)14-9-4-5-10-15(14)11-6-12-16-15;/h1-3,7-8,14,16H,4-6,9-12H2;1H. The summed E-state index contributed by atoms with van der Waals surface area (Å²) >= 11 is 0. The number of halogens is 1. The molecule has 1 heterocycles. The molecule has 2 heteroatoms. The van der Waals surface area contributed by atoms with Crippen molar-refractivity contribution in [2.45, 2.75) is 50.0 Å². The third-order valence-corrected chi connectivity index (χ3v) is 4.51. The van der Waals surface area contributed by atoms with Crippen LogP contribution in [-0.2, 0) is 0 Å². The smallest absolute Gasteiger partial charge is 0.0250 e. The molecule has 3 rings (SSSR count). The summed E-state index contributed by atoms with van der Waals surface area (Å²) in [5.41, 5.74) is 2.00. The van der Waals surface area contributed by atoms with Crippen LogP contribution >= 0.6 is 12.4 Å². The molecular formula is C15H22ClN. The Balaban J connectivity index is 0.00000108. The van der Waals surface area contributed by atoms with E-state index in [2.05, 4.69) is 35.6 Å². The first-order valence-electron chi connectivity index (χ1n) is 6.71. The number of hydrogen-bond donors (Lipinski definition) is 1. The van der Waals surface area contributed by atoms with Crippen LogP contribution in [0.2, 0.25) is 0 Å². The largest absolute Gasteiger partial charge is 0.311 e. The molecular weight excluding hydrogens is 230 g/mol. The normalized spacial score (nSPS) is 32.4. The van der Waals surface area contributed by atoms with Crippen LogP contribution in [0.3, 0.4) is 0 Å². The predicted molar refractivity (Wildman–Crippen MR) is 74.9 cm³/mol. The van der Waals surface area contributed by atoms with Gasteiger partial charge < -0.3 is 5.32 Å². The molecule has 0 aromatic heterocycles. The lowest BCUT2D eigenvalue weighted by atomic mass is 9.69. The summed E-state index contributed by atoms with van der Waals surface area (Å²) in [5.74, 6) is 0.755. The van der Waals surface area contributed by atoms with Gasteiger partial charge in [0.2, 0.25) is 0 Å². The molecule has 1 aliphatic carbocycles. The molecule has 1 aliphatic heterocycles. The van der Waals surface area contributed by atoms with Crippen molar-refractivity contribution in [2.24, 2.45) is 0 Å². The van der Waals surface area contributed by atoms with Crippen molar-refractivity contribution in [3.63, 3.8) is 0 Å². The van der Waals surface area contributed by atoms with E-state index in [1.165, 1.54) is 45.1 Å². The van der Waals surface area contributed by atoms with Gasteiger partial charge in [-0.2, -0.15) is 0 Å². The molecule has 1 aromatic rings. The van der Waals surface area contributed by atoms with Crippen LogP contribution in [0.1, 0.15) is 50.0 Å². The van der Waals surface area contributed by atoms with Gasteiger partial charge in [-0.05, 0) is 37.8 Å². The summed E-state index contributed by atoms with van der Waals surface area (Å²) in [4.78, 5) is 0. The molecule has 0 radical (unpaired) electrons. The van der Waals surface area contributed by atoms with Crippen LogP contribution in [-0.4, -0.2) is 12.1 Å². The molecule has 2 atom stereocenters. The summed E-state index contributed by atoms with van der Waals surface area (Å²) in [6.45, 7) is 1.23. The maximum Gasteiger partial charge on any atom is 0.0250 e. The Morgan fingerprint density at radius 1 is 1.00 bits per heavy atom. The topological polar surface area (TPSA) is 12.0 Å². The van der Waals surface area contributed by atoms with E-state index in [9.17, 15) is 0 Å². The molecule has 1 saturated carbocycles. The fourth-order valence-electron chi connectivity index (χ4n) is 3.75. The number of rotatable bonds is 1. The van der Waals surface area contributed by atoms with Gasteiger partial charge in [-0.3, -0.25) is 0 Å². The monoisotopic (exact) mass is 251 g/mol. The molecule has 1 saturated heterocycles. The summed E-state index contributed by atoms with van der Waals surface area (Å²) < 4.78 is 0. The van der Waals surface area contributed by atoms with Crippen molar-refractivity contribution in [2.75, 3.05) is 6.54 Å². The third-order valence-electron chi connectivity index (χ3n) is 4.51. The van der Waals surface area contributed by atoms with Crippen LogP contribution in [0.4, 0.5) is 0 Å². The molecule has 2 fully saturated rings. The average molecular weight is 252 g/mol. The lowest BCUT2D eigenvalue weighted by molar-refractivity contribution is 0.222. The van der Waals surface area contributed by atoms with Crippen LogP contribution in [0.5, 0.6) is 0 Å². The van der Waals surface area contributed by atoms with E-state index in [0.717, 1.165) is 5.92 Å². The Morgan fingerprint density at radius 2 is 1.76 bits per heavy atom. The van der Waals surface area contributed by atoms with Crippen LogP contribution in [0.25, 0.3) is 0 Å². The molecule has 2 aliphatic rings. The van der Waals surface area contributed by atoms with E-state index in [1.807, 2.05) is 0 Å². The summed E-state index contributed by atoms with van der Waals surface area (Å²) in [6.07, 6.45) is 8.32. The minimum absolute atomic E-state index is 0. The minimum Gasteiger partial charge on any atom is -0.311 e. The molecule has 2 unspecified atom stereocenters. The lowest BCUT2D eigenvalue weighted by Crippen LogP contribution is -2.47. The summed E-state index contributed by atoms with van der Waals surface area (Å²) in [5, 5.41) is 3.82.